The third-order valence-corrected chi connectivity index (χ3v) is 4.30. The van der Waals surface area contributed by atoms with Gasteiger partial charge in [-0.3, -0.25) is 10.4 Å². The number of hydrogen-bond acceptors (Lipinski definition) is 7. The lowest BCUT2D eigenvalue weighted by molar-refractivity contribution is 0.154. The van der Waals surface area contributed by atoms with Gasteiger partial charge in [0.1, 0.15) is 6.33 Å². The number of aliphatic hydroxyl groups excluding tert-OH is 1. The molecule has 1 aliphatic rings. The molecule has 23 heavy (non-hydrogen) atoms. The summed E-state index contributed by atoms with van der Waals surface area (Å²) in [6.45, 7) is 0.392. The van der Waals surface area contributed by atoms with Crippen molar-refractivity contribution in [2.45, 2.75) is 24.9 Å². The first-order valence-electron chi connectivity index (χ1n) is 7.43. The molecule has 118 valence electrons. The number of fused-ring (bicyclic) bond motifs is 1. The average molecular weight is 312 g/mol. The van der Waals surface area contributed by atoms with Crippen molar-refractivity contribution in [3.8, 4) is 11.6 Å². The fourth-order valence-corrected chi connectivity index (χ4v) is 3.07. The second-order valence-corrected chi connectivity index (χ2v) is 5.60. The van der Waals surface area contributed by atoms with Crippen molar-refractivity contribution < 1.29 is 9.63 Å². The van der Waals surface area contributed by atoms with E-state index < -0.39 is 5.54 Å². The van der Waals surface area contributed by atoms with E-state index in [0.717, 1.165) is 18.4 Å². The zero-order valence-electron chi connectivity index (χ0n) is 12.4. The van der Waals surface area contributed by atoms with E-state index in [2.05, 4.69) is 42.8 Å². The second-order valence-electron chi connectivity index (χ2n) is 5.60. The van der Waals surface area contributed by atoms with Gasteiger partial charge >= 0.3 is 0 Å². The summed E-state index contributed by atoms with van der Waals surface area (Å²) in [6.07, 6.45) is 3.17. The van der Waals surface area contributed by atoms with E-state index in [1.54, 1.807) is 0 Å². The third kappa shape index (κ3) is 2.41. The van der Waals surface area contributed by atoms with Crippen LogP contribution in [0, 0.1) is 0 Å². The highest BCUT2D eigenvalue weighted by Crippen LogP contribution is 2.36. The van der Waals surface area contributed by atoms with Crippen LogP contribution in [0.25, 0.3) is 11.6 Å². The van der Waals surface area contributed by atoms with Gasteiger partial charge < -0.3 is 9.63 Å². The number of nitrogens with zero attached hydrogens (tertiary/aromatic N) is 4. The van der Waals surface area contributed by atoms with Gasteiger partial charge in [0.25, 0.3) is 0 Å². The summed E-state index contributed by atoms with van der Waals surface area (Å²) in [4.78, 5) is 8.26. The fraction of sp³-hybridized carbons (Fsp3) is 0.333. The molecule has 1 aromatic carbocycles. The van der Waals surface area contributed by atoms with Crippen molar-refractivity contribution in [2.75, 3.05) is 6.61 Å². The lowest BCUT2D eigenvalue weighted by Gasteiger charge is -2.29. The van der Waals surface area contributed by atoms with Gasteiger partial charge in [-0.05, 0) is 24.0 Å². The number of aliphatic hydroxyl groups is 1. The molecule has 4 rings (SSSR count). The molecule has 3 N–H and O–H groups in total. The molecule has 2 aromatic heterocycles. The molecule has 1 aliphatic carbocycles. The highest BCUT2D eigenvalue weighted by molar-refractivity contribution is 5.40. The maximum atomic E-state index is 9.94. The molecule has 1 unspecified atom stereocenters. The largest absolute Gasteiger partial charge is 0.394 e. The molecule has 3 aromatic rings. The smallest absolute Gasteiger partial charge is 0.241 e. The number of nitrogens with one attached hydrogen (secondary N) is 2. The van der Waals surface area contributed by atoms with Crippen LogP contribution in [0.15, 0.2) is 35.1 Å². The summed E-state index contributed by atoms with van der Waals surface area (Å²) >= 11 is 0. The molecule has 8 nitrogen and oxygen atoms in total. The molecule has 0 saturated heterocycles. The molecule has 1 atom stereocenters. The Balaban J connectivity index is 1.52. The van der Waals surface area contributed by atoms with Crippen LogP contribution in [-0.2, 0) is 18.5 Å². The van der Waals surface area contributed by atoms with Gasteiger partial charge in [-0.25, -0.2) is 4.98 Å². The first kappa shape index (κ1) is 14.0. The Morgan fingerprint density at radius 3 is 3.09 bits per heavy atom. The van der Waals surface area contributed by atoms with E-state index in [0.29, 0.717) is 24.1 Å². The zero-order chi connectivity index (χ0) is 15.7. The predicted molar refractivity (Wildman–Crippen MR) is 80.0 cm³/mol. The van der Waals surface area contributed by atoms with Gasteiger partial charge in [0.15, 0.2) is 5.82 Å². The number of aromatic nitrogens is 5. The monoisotopic (exact) mass is 312 g/mol. The summed E-state index contributed by atoms with van der Waals surface area (Å²) < 4.78 is 5.23. The van der Waals surface area contributed by atoms with E-state index >= 15 is 0 Å². The minimum Gasteiger partial charge on any atom is -0.394 e. The Hall–Kier alpha value is -2.58. The minimum atomic E-state index is -0.461. The number of H-pyrrole nitrogens is 1. The topological polar surface area (TPSA) is 113 Å². The number of rotatable bonds is 5. The second kappa shape index (κ2) is 5.56. The first-order valence-corrected chi connectivity index (χ1v) is 7.43. The van der Waals surface area contributed by atoms with Gasteiger partial charge in [-0.1, -0.05) is 29.4 Å². The lowest BCUT2D eigenvalue weighted by atomic mass is 9.92. The van der Waals surface area contributed by atoms with E-state index in [9.17, 15) is 5.11 Å². The van der Waals surface area contributed by atoms with E-state index in [4.69, 9.17) is 4.52 Å². The summed E-state index contributed by atoms with van der Waals surface area (Å²) in [6, 6.07) is 8.17. The first-order chi connectivity index (χ1) is 11.3. The summed E-state index contributed by atoms with van der Waals surface area (Å²) in [5, 5.41) is 23.7. The van der Waals surface area contributed by atoms with Crippen molar-refractivity contribution in [1.29, 1.82) is 0 Å². The van der Waals surface area contributed by atoms with Gasteiger partial charge in [0.05, 0.1) is 18.7 Å². The van der Waals surface area contributed by atoms with Gasteiger partial charge in [0, 0.05) is 0 Å². The fourth-order valence-electron chi connectivity index (χ4n) is 3.07. The molecule has 0 amide bonds. The number of aryl methyl sites for hydroxylation is 1. The Bertz CT molecular complexity index is 800. The van der Waals surface area contributed by atoms with E-state index in [1.807, 2.05) is 12.1 Å². The van der Waals surface area contributed by atoms with Gasteiger partial charge in [-0.2, -0.15) is 10.1 Å². The van der Waals surface area contributed by atoms with Crippen LogP contribution in [0.4, 0.5) is 0 Å². The minimum absolute atomic E-state index is 0.0209. The van der Waals surface area contributed by atoms with Crippen molar-refractivity contribution in [3.63, 3.8) is 0 Å². The Labute approximate surface area is 132 Å². The predicted octanol–water partition coefficient (Wildman–Crippen LogP) is 0.778. The molecule has 8 heteroatoms. The lowest BCUT2D eigenvalue weighted by Crippen LogP contribution is -2.43. The SMILES string of the molecule is OCC1(NCc2nc(-c3ncn[nH]3)no2)CCc2ccccc21. The van der Waals surface area contributed by atoms with E-state index in [-0.39, 0.29) is 6.61 Å². The molecule has 0 saturated carbocycles. The van der Waals surface area contributed by atoms with Crippen LogP contribution < -0.4 is 5.32 Å². The van der Waals surface area contributed by atoms with Gasteiger partial charge in [-0.15, -0.1) is 0 Å². The van der Waals surface area contributed by atoms with Crippen LogP contribution in [0.5, 0.6) is 0 Å². The number of hydrogen-bond donors (Lipinski definition) is 3. The molecular formula is C15H16N6O2. The van der Waals surface area contributed by atoms with Crippen molar-refractivity contribution in [2.24, 2.45) is 0 Å². The Morgan fingerprint density at radius 2 is 2.26 bits per heavy atom. The van der Waals surface area contributed by atoms with Crippen molar-refractivity contribution in [3.05, 3.63) is 47.6 Å². The molecule has 0 bridgehead atoms. The van der Waals surface area contributed by atoms with Crippen molar-refractivity contribution in [1.82, 2.24) is 30.6 Å². The Kier molecular flexibility index (Phi) is 3.40. The summed E-state index contributed by atoms with van der Waals surface area (Å²) in [5.74, 6) is 1.26. The summed E-state index contributed by atoms with van der Waals surface area (Å²) in [7, 11) is 0. The third-order valence-electron chi connectivity index (χ3n) is 4.30. The molecule has 0 aliphatic heterocycles. The van der Waals surface area contributed by atoms with Crippen molar-refractivity contribution >= 4 is 0 Å². The number of benzene rings is 1. The molecule has 0 spiro atoms. The van der Waals surface area contributed by atoms with Crippen LogP contribution in [0.2, 0.25) is 0 Å². The molecule has 2 heterocycles. The van der Waals surface area contributed by atoms with Crippen LogP contribution in [0.3, 0.4) is 0 Å². The average Bonchev–Trinajstić information content (AvgIpc) is 3.32. The molecular weight excluding hydrogens is 296 g/mol. The number of aromatic amines is 1. The standard InChI is InChI=1S/C15H16N6O2/c22-8-15(6-5-10-3-1-2-4-11(10)15)17-7-12-19-14(21-23-12)13-16-9-18-20-13/h1-4,9,17,22H,5-8H2,(H,16,18,20). The summed E-state index contributed by atoms with van der Waals surface area (Å²) in [5.41, 5.74) is 1.94. The van der Waals surface area contributed by atoms with Crippen LogP contribution >= 0.6 is 0 Å². The zero-order valence-corrected chi connectivity index (χ0v) is 12.4. The maximum Gasteiger partial charge on any atom is 0.241 e. The highest BCUT2D eigenvalue weighted by Gasteiger charge is 2.37. The van der Waals surface area contributed by atoms with E-state index in [1.165, 1.54) is 11.9 Å². The highest BCUT2D eigenvalue weighted by atomic mass is 16.5. The van der Waals surface area contributed by atoms with Crippen LogP contribution in [0.1, 0.15) is 23.4 Å². The normalized spacial score (nSPS) is 19.9. The molecule has 0 radical (unpaired) electrons. The molecule has 0 fully saturated rings. The van der Waals surface area contributed by atoms with Gasteiger partial charge in [0.2, 0.25) is 11.7 Å². The Morgan fingerprint density at radius 1 is 1.35 bits per heavy atom. The maximum absolute atomic E-state index is 9.94. The quantitative estimate of drug-likeness (QED) is 0.638. The van der Waals surface area contributed by atoms with Crippen LogP contribution in [-0.4, -0.2) is 37.0 Å².